The molecule has 4 heterocycles. The molecule has 1 aliphatic carbocycles. The number of fused-ring (bicyclic) bond motifs is 2. The molecule has 42 heavy (non-hydrogen) atoms. The van der Waals surface area contributed by atoms with E-state index in [2.05, 4.69) is 39.0 Å². The number of hydrogen-bond donors (Lipinski definition) is 1. The minimum absolute atomic E-state index is 0.0836. The molecule has 0 bridgehead atoms. The number of β-amino-alcohol motifs (C(OH)–C–C–N with tert-alkyl or cyclic N) is 1. The number of aliphatic hydroxyl groups is 1. The second kappa shape index (κ2) is 10.6. The van der Waals surface area contributed by atoms with E-state index in [1.165, 1.54) is 29.0 Å². The lowest BCUT2D eigenvalue weighted by Gasteiger charge is -2.40. The van der Waals surface area contributed by atoms with Crippen LogP contribution in [0.4, 0.5) is 20.9 Å². The molecule has 0 radical (unpaired) electrons. The minimum atomic E-state index is -0.380. The lowest BCUT2D eigenvalue weighted by atomic mass is 9.89. The van der Waals surface area contributed by atoms with Crippen LogP contribution in [-0.4, -0.2) is 89.7 Å². The number of nitriles is 1. The molecule has 1 N–H and O–H groups in total. The normalized spacial score (nSPS) is 17.0. The number of anilines is 3. The summed E-state index contributed by atoms with van der Waals surface area (Å²) < 4.78 is 13.5. The van der Waals surface area contributed by atoms with Crippen molar-refractivity contribution >= 4 is 44.7 Å². The first-order chi connectivity index (χ1) is 20.4. The zero-order valence-electron chi connectivity index (χ0n) is 23.3. The summed E-state index contributed by atoms with van der Waals surface area (Å²) in [6, 6.07) is 14.8. The van der Waals surface area contributed by atoms with Crippen molar-refractivity contribution in [3.8, 4) is 17.3 Å². The van der Waals surface area contributed by atoms with Gasteiger partial charge in [-0.15, -0.1) is 0 Å². The van der Waals surface area contributed by atoms with Crippen LogP contribution >= 0.6 is 11.3 Å². The van der Waals surface area contributed by atoms with Gasteiger partial charge in [-0.25, -0.2) is 9.37 Å². The Labute approximate surface area is 247 Å². The number of piperazine rings is 1. The first kappa shape index (κ1) is 26.8. The first-order valence-electron chi connectivity index (χ1n) is 14.2. The number of aryl methyl sites for hydroxylation is 1. The van der Waals surface area contributed by atoms with E-state index in [0.29, 0.717) is 40.9 Å². The molecule has 0 spiro atoms. The number of nitrogens with zero attached hydrogens (tertiary/aromatic N) is 7. The molecule has 2 saturated heterocycles. The van der Waals surface area contributed by atoms with E-state index < -0.39 is 0 Å². The molecule has 214 valence electrons. The monoisotopic (exact) mass is 583 g/mol. The molecule has 2 aliphatic heterocycles. The summed E-state index contributed by atoms with van der Waals surface area (Å²) in [6.45, 7) is 4.47. The van der Waals surface area contributed by atoms with Gasteiger partial charge in [-0.1, -0.05) is 11.3 Å². The van der Waals surface area contributed by atoms with Crippen molar-refractivity contribution in [2.24, 2.45) is 0 Å². The quantitative estimate of drug-likeness (QED) is 0.368. The summed E-state index contributed by atoms with van der Waals surface area (Å²) in [5.74, 6) is -0.245. The third-order valence-electron chi connectivity index (χ3n) is 8.51. The largest absolute Gasteiger partial charge is 0.389 e. The molecule has 1 amide bonds. The highest BCUT2D eigenvalue weighted by Gasteiger charge is 2.31. The first-order valence-corrected chi connectivity index (χ1v) is 15.0. The molecule has 11 heteroatoms. The maximum absolute atomic E-state index is 13.5. The fourth-order valence-corrected chi connectivity index (χ4v) is 6.83. The second-order valence-electron chi connectivity index (χ2n) is 11.2. The molecule has 2 fully saturated rings. The van der Waals surface area contributed by atoms with Gasteiger partial charge >= 0.3 is 0 Å². The third kappa shape index (κ3) is 4.75. The zero-order valence-corrected chi connectivity index (χ0v) is 24.1. The zero-order chi connectivity index (χ0) is 29.0. The van der Waals surface area contributed by atoms with E-state index in [0.717, 1.165) is 67.0 Å². The van der Waals surface area contributed by atoms with E-state index in [1.807, 2.05) is 7.05 Å². The molecular formula is C31H30FN7O2S. The third-order valence-corrected chi connectivity index (χ3v) is 9.54. The van der Waals surface area contributed by atoms with Gasteiger partial charge in [-0.05, 0) is 60.9 Å². The standard InChI is InChI=1S/C31H30FN7O2S/c1-36(31-35-29(27(15-33)42-31)19-2-4-20(32)5-3-19)30-23-7-9-25(23)34-26-8-6-21(14-24(26)30)38-12-10-37(11-13-38)18-28(41)39-16-22(40)17-39/h2-6,8,14,22,40H,7,9-13,16-18H2,1H3. The predicted octanol–water partition coefficient (Wildman–Crippen LogP) is 3.56. The van der Waals surface area contributed by atoms with Gasteiger partial charge in [0.25, 0.3) is 0 Å². The summed E-state index contributed by atoms with van der Waals surface area (Å²) in [7, 11) is 1.99. The number of aliphatic hydroxyl groups excluding tert-OH is 1. The van der Waals surface area contributed by atoms with Crippen LogP contribution in [0.1, 0.15) is 16.1 Å². The molecule has 0 atom stereocenters. The number of thiazole rings is 1. The lowest BCUT2D eigenvalue weighted by Crippen LogP contribution is -2.57. The second-order valence-corrected chi connectivity index (χ2v) is 12.1. The molecule has 2 aromatic carbocycles. The maximum Gasteiger partial charge on any atom is 0.236 e. The van der Waals surface area contributed by atoms with E-state index in [1.54, 1.807) is 17.0 Å². The Bertz CT molecular complexity index is 1720. The average Bonchev–Trinajstić information content (AvgIpc) is 3.41. The van der Waals surface area contributed by atoms with Crippen LogP contribution in [0.2, 0.25) is 0 Å². The van der Waals surface area contributed by atoms with Crippen LogP contribution in [0, 0.1) is 17.1 Å². The number of amides is 1. The van der Waals surface area contributed by atoms with Gasteiger partial charge in [0.05, 0.1) is 23.9 Å². The number of carbonyl (C=O) groups excluding carboxylic acids is 1. The summed E-state index contributed by atoms with van der Waals surface area (Å²) in [4.78, 5) is 31.1. The Morgan fingerprint density at radius 2 is 1.88 bits per heavy atom. The Morgan fingerprint density at radius 3 is 2.55 bits per heavy atom. The molecule has 0 unspecified atom stereocenters. The molecule has 9 nitrogen and oxygen atoms in total. The van der Waals surface area contributed by atoms with E-state index in [4.69, 9.17) is 9.97 Å². The van der Waals surface area contributed by atoms with Crippen molar-refractivity contribution in [1.29, 1.82) is 5.26 Å². The van der Waals surface area contributed by atoms with Crippen LogP contribution in [0.15, 0.2) is 42.5 Å². The highest BCUT2D eigenvalue weighted by molar-refractivity contribution is 7.16. The van der Waals surface area contributed by atoms with Crippen LogP contribution in [0.25, 0.3) is 22.2 Å². The maximum atomic E-state index is 13.5. The number of likely N-dealkylation sites (tertiary alicyclic amines) is 1. The van der Waals surface area contributed by atoms with E-state index in [9.17, 15) is 19.6 Å². The summed E-state index contributed by atoms with van der Waals surface area (Å²) >= 11 is 1.33. The molecule has 7 rings (SSSR count). The van der Waals surface area contributed by atoms with Gasteiger partial charge in [0.1, 0.15) is 22.5 Å². The highest BCUT2D eigenvalue weighted by atomic mass is 32.1. The Morgan fingerprint density at radius 1 is 1.12 bits per heavy atom. The minimum Gasteiger partial charge on any atom is -0.389 e. The number of pyridine rings is 1. The number of benzene rings is 2. The number of halogens is 1. The fraction of sp³-hybridized carbons (Fsp3) is 0.355. The SMILES string of the molecule is CN(c1nc(-c2ccc(F)cc2)c(C#N)s1)c1c2c(nc3ccc(N4CCN(CC(=O)N5CC(O)C5)CC4)cc13)CC2. The number of rotatable bonds is 6. The van der Waals surface area contributed by atoms with Gasteiger partial charge in [0, 0.05) is 68.6 Å². The van der Waals surface area contributed by atoms with Crippen LogP contribution in [-0.2, 0) is 17.6 Å². The van der Waals surface area contributed by atoms with Gasteiger partial charge in [-0.2, -0.15) is 5.26 Å². The van der Waals surface area contributed by atoms with Crippen molar-refractivity contribution < 1.29 is 14.3 Å². The van der Waals surface area contributed by atoms with Crippen molar-refractivity contribution in [3.63, 3.8) is 0 Å². The van der Waals surface area contributed by atoms with Crippen molar-refractivity contribution in [1.82, 2.24) is 19.8 Å². The number of hydrogen-bond acceptors (Lipinski definition) is 9. The van der Waals surface area contributed by atoms with Crippen molar-refractivity contribution in [3.05, 3.63) is 64.4 Å². The Hall–Kier alpha value is -4.11. The Kier molecular flexibility index (Phi) is 6.77. The van der Waals surface area contributed by atoms with Crippen molar-refractivity contribution in [2.75, 3.05) is 62.7 Å². The lowest BCUT2D eigenvalue weighted by molar-refractivity contribution is -0.142. The smallest absolute Gasteiger partial charge is 0.236 e. The van der Waals surface area contributed by atoms with Crippen molar-refractivity contribution in [2.45, 2.75) is 18.9 Å². The van der Waals surface area contributed by atoms with Gasteiger partial charge in [0.2, 0.25) is 5.91 Å². The van der Waals surface area contributed by atoms with Gasteiger partial charge in [-0.3, -0.25) is 14.7 Å². The summed E-state index contributed by atoms with van der Waals surface area (Å²) in [6.07, 6.45) is 1.49. The topological polar surface area (TPSA) is 99.8 Å². The molecule has 0 saturated carbocycles. The van der Waals surface area contributed by atoms with E-state index in [-0.39, 0.29) is 17.8 Å². The molecular weight excluding hydrogens is 553 g/mol. The van der Waals surface area contributed by atoms with Crippen LogP contribution in [0.5, 0.6) is 0 Å². The molecule has 2 aromatic heterocycles. The summed E-state index contributed by atoms with van der Waals surface area (Å²) in [5.41, 5.74) is 6.67. The van der Waals surface area contributed by atoms with Gasteiger partial charge < -0.3 is 19.8 Å². The predicted molar refractivity (Wildman–Crippen MR) is 161 cm³/mol. The Balaban J connectivity index is 1.16. The molecule has 4 aromatic rings. The summed E-state index contributed by atoms with van der Waals surface area (Å²) in [5, 5.41) is 21.1. The number of aromatic nitrogens is 2. The van der Waals surface area contributed by atoms with Crippen LogP contribution in [0.3, 0.4) is 0 Å². The highest BCUT2D eigenvalue weighted by Crippen LogP contribution is 2.43. The van der Waals surface area contributed by atoms with E-state index >= 15 is 0 Å². The average molecular weight is 584 g/mol. The number of carbonyl (C=O) groups is 1. The molecule has 3 aliphatic rings. The fourth-order valence-electron chi connectivity index (χ4n) is 5.98. The van der Waals surface area contributed by atoms with Crippen LogP contribution < -0.4 is 9.80 Å². The van der Waals surface area contributed by atoms with Gasteiger partial charge in [0.15, 0.2) is 5.13 Å².